The minimum atomic E-state index is 0.626. The van der Waals surface area contributed by atoms with Crippen molar-refractivity contribution in [3.05, 3.63) is 29.3 Å². The molecule has 0 radical (unpaired) electrons. The van der Waals surface area contributed by atoms with Crippen molar-refractivity contribution in [1.82, 2.24) is 4.90 Å². The third kappa shape index (κ3) is 2.39. The highest BCUT2D eigenvalue weighted by Crippen LogP contribution is 2.34. The number of likely N-dealkylation sites (tertiary alicyclic amines) is 1. The van der Waals surface area contributed by atoms with Gasteiger partial charge in [-0.25, -0.2) is 0 Å². The summed E-state index contributed by atoms with van der Waals surface area (Å²) in [6.07, 6.45) is 4.12. The molecule has 2 nitrogen and oxygen atoms in total. The van der Waals surface area contributed by atoms with Crippen molar-refractivity contribution in [2.75, 3.05) is 11.9 Å². The summed E-state index contributed by atoms with van der Waals surface area (Å²) in [4.78, 5) is 2.70. The van der Waals surface area contributed by atoms with Gasteiger partial charge in [-0.15, -0.1) is 0 Å². The molecule has 3 rings (SSSR count). The van der Waals surface area contributed by atoms with Crippen LogP contribution in [0.3, 0.4) is 0 Å². The Labute approximate surface area is 110 Å². The Balaban J connectivity index is 1.68. The van der Waals surface area contributed by atoms with Gasteiger partial charge in [0.1, 0.15) is 0 Å². The Bertz CT molecular complexity index is 437. The van der Waals surface area contributed by atoms with Gasteiger partial charge >= 0.3 is 0 Å². The van der Waals surface area contributed by atoms with Gasteiger partial charge in [0.15, 0.2) is 0 Å². The smallest absolute Gasteiger partial charge is 0.0403 e. The number of aryl methyl sites for hydroxylation is 2. The molecule has 0 amide bonds. The largest absolute Gasteiger partial charge is 0.381 e. The molecule has 2 aliphatic rings. The Hall–Kier alpha value is -1.02. The zero-order valence-corrected chi connectivity index (χ0v) is 11.7. The van der Waals surface area contributed by atoms with E-state index >= 15 is 0 Å². The number of nitrogens with one attached hydrogen (secondary N) is 1. The first-order chi connectivity index (χ1) is 8.63. The van der Waals surface area contributed by atoms with E-state index < -0.39 is 0 Å². The van der Waals surface area contributed by atoms with E-state index in [2.05, 4.69) is 49.2 Å². The molecule has 2 fully saturated rings. The summed E-state index contributed by atoms with van der Waals surface area (Å²) in [7, 11) is 0. The molecular weight excluding hydrogens is 220 g/mol. The zero-order chi connectivity index (χ0) is 12.7. The fourth-order valence-corrected chi connectivity index (χ4v) is 3.19. The lowest BCUT2D eigenvalue weighted by molar-refractivity contribution is 0.257. The maximum atomic E-state index is 3.75. The van der Waals surface area contributed by atoms with Gasteiger partial charge in [-0.3, -0.25) is 4.90 Å². The van der Waals surface area contributed by atoms with Crippen LogP contribution in [-0.2, 0) is 0 Å². The van der Waals surface area contributed by atoms with Crippen LogP contribution < -0.4 is 5.32 Å². The lowest BCUT2D eigenvalue weighted by Crippen LogP contribution is -2.31. The fourth-order valence-electron chi connectivity index (χ4n) is 3.19. The van der Waals surface area contributed by atoms with Gasteiger partial charge in [-0.2, -0.15) is 0 Å². The predicted octanol–water partition coefficient (Wildman–Crippen LogP) is 3.34. The number of rotatable bonds is 3. The molecule has 0 aromatic heterocycles. The van der Waals surface area contributed by atoms with Gasteiger partial charge in [0.25, 0.3) is 0 Å². The van der Waals surface area contributed by atoms with Crippen molar-refractivity contribution >= 4 is 5.69 Å². The Morgan fingerprint density at radius 2 is 2.00 bits per heavy atom. The van der Waals surface area contributed by atoms with E-state index in [9.17, 15) is 0 Å². The topological polar surface area (TPSA) is 15.3 Å². The molecule has 0 spiro atoms. The minimum absolute atomic E-state index is 0.626. The van der Waals surface area contributed by atoms with Crippen LogP contribution in [0.15, 0.2) is 18.2 Å². The van der Waals surface area contributed by atoms with E-state index in [1.165, 1.54) is 42.6 Å². The highest BCUT2D eigenvalue weighted by molar-refractivity contribution is 5.53. The van der Waals surface area contributed by atoms with E-state index in [-0.39, 0.29) is 0 Å². The summed E-state index contributed by atoms with van der Waals surface area (Å²) in [6.45, 7) is 7.96. The second-order valence-electron chi connectivity index (χ2n) is 6.17. The molecule has 1 aliphatic carbocycles. The van der Waals surface area contributed by atoms with E-state index in [1.807, 2.05) is 0 Å². The summed E-state index contributed by atoms with van der Waals surface area (Å²) >= 11 is 0. The number of nitrogens with zero attached hydrogens (tertiary/aromatic N) is 1. The maximum absolute atomic E-state index is 3.75. The van der Waals surface area contributed by atoms with Crippen LogP contribution in [0.4, 0.5) is 5.69 Å². The van der Waals surface area contributed by atoms with E-state index in [0.29, 0.717) is 6.04 Å². The van der Waals surface area contributed by atoms with Crippen molar-refractivity contribution in [1.29, 1.82) is 0 Å². The monoisotopic (exact) mass is 244 g/mol. The summed E-state index contributed by atoms with van der Waals surface area (Å²) in [5.41, 5.74) is 4.02. The molecule has 1 saturated carbocycles. The number of benzene rings is 1. The molecule has 2 heteroatoms. The predicted molar refractivity (Wildman–Crippen MR) is 77.1 cm³/mol. The van der Waals surface area contributed by atoms with Crippen molar-refractivity contribution in [2.24, 2.45) is 0 Å². The summed E-state index contributed by atoms with van der Waals surface area (Å²) < 4.78 is 0. The molecule has 2 unspecified atom stereocenters. The normalized spacial score (nSPS) is 28.6. The summed E-state index contributed by atoms with van der Waals surface area (Å²) in [5.74, 6) is 0. The van der Waals surface area contributed by atoms with Crippen LogP contribution in [0.1, 0.15) is 37.3 Å². The van der Waals surface area contributed by atoms with Gasteiger partial charge in [0, 0.05) is 30.4 Å². The van der Waals surface area contributed by atoms with E-state index in [0.717, 1.165) is 12.1 Å². The van der Waals surface area contributed by atoms with Crippen molar-refractivity contribution in [2.45, 2.75) is 58.2 Å². The molecule has 1 aromatic rings. The number of hydrogen-bond acceptors (Lipinski definition) is 2. The van der Waals surface area contributed by atoms with Crippen LogP contribution >= 0.6 is 0 Å². The maximum Gasteiger partial charge on any atom is 0.0403 e. The number of hydrogen-bond donors (Lipinski definition) is 1. The first-order valence-electron chi connectivity index (χ1n) is 7.23. The second kappa shape index (κ2) is 4.58. The summed E-state index contributed by atoms with van der Waals surface area (Å²) in [6, 6.07) is 8.95. The van der Waals surface area contributed by atoms with Crippen LogP contribution in [0.2, 0.25) is 0 Å². The SMILES string of the molecule is Cc1ccc(C)c(NC2CC(C)N(C3CC3)C2)c1. The van der Waals surface area contributed by atoms with Gasteiger partial charge in [0.2, 0.25) is 0 Å². The fraction of sp³-hybridized carbons (Fsp3) is 0.625. The average Bonchev–Trinajstić information content (AvgIpc) is 3.09. The van der Waals surface area contributed by atoms with Gasteiger partial charge in [-0.1, -0.05) is 12.1 Å². The molecule has 1 aromatic carbocycles. The van der Waals surface area contributed by atoms with E-state index in [4.69, 9.17) is 0 Å². The highest BCUT2D eigenvalue weighted by Gasteiger charge is 2.38. The standard InChI is InChI=1S/C16H24N2/c1-11-4-5-12(2)16(8-11)17-14-9-13(3)18(10-14)15-6-7-15/h4-5,8,13-15,17H,6-7,9-10H2,1-3H3. The lowest BCUT2D eigenvalue weighted by Gasteiger charge is -2.20. The van der Waals surface area contributed by atoms with Crippen LogP contribution in [0.5, 0.6) is 0 Å². The second-order valence-corrected chi connectivity index (χ2v) is 6.17. The van der Waals surface area contributed by atoms with Crippen LogP contribution in [0, 0.1) is 13.8 Å². The minimum Gasteiger partial charge on any atom is -0.381 e. The Morgan fingerprint density at radius 3 is 2.72 bits per heavy atom. The summed E-state index contributed by atoms with van der Waals surface area (Å²) in [5, 5.41) is 3.75. The Morgan fingerprint density at radius 1 is 1.22 bits per heavy atom. The molecule has 1 heterocycles. The highest BCUT2D eigenvalue weighted by atomic mass is 15.3. The molecule has 18 heavy (non-hydrogen) atoms. The molecule has 98 valence electrons. The van der Waals surface area contributed by atoms with Crippen LogP contribution in [-0.4, -0.2) is 29.6 Å². The first kappa shape index (κ1) is 12.0. The van der Waals surface area contributed by atoms with Gasteiger partial charge in [0.05, 0.1) is 0 Å². The zero-order valence-electron chi connectivity index (χ0n) is 11.7. The molecule has 1 aliphatic heterocycles. The van der Waals surface area contributed by atoms with Crippen molar-refractivity contribution < 1.29 is 0 Å². The molecule has 1 saturated heterocycles. The van der Waals surface area contributed by atoms with Gasteiger partial charge in [-0.05, 0) is 57.2 Å². The molecule has 0 bridgehead atoms. The molecule has 1 N–H and O–H groups in total. The van der Waals surface area contributed by atoms with Crippen molar-refractivity contribution in [3.63, 3.8) is 0 Å². The van der Waals surface area contributed by atoms with Crippen molar-refractivity contribution in [3.8, 4) is 0 Å². The van der Waals surface area contributed by atoms with Crippen LogP contribution in [0.25, 0.3) is 0 Å². The third-order valence-electron chi connectivity index (χ3n) is 4.39. The van der Waals surface area contributed by atoms with Gasteiger partial charge < -0.3 is 5.32 Å². The quantitative estimate of drug-likeness (QED) is 0.877. The lowest BCUT2D eigenvalue weighted by atomic mass is 10.1. The number of anilines is 1. The first-order valence-corrected chi connectivity index (χ1v) is 7.23. The van der Waals surface area contributed by atoms with E-state index in [1.54, 1.807) is 0 Å². The average molecular weight is 244 g/mol. The third-order valence-corrected chi connectivity index (χ3v) is 4.39. The Kier molecular flexibility index (Phi) is 3.06. The molecular formula is C16H24N2. The molecule has 2 atom stereocenters.